The van der Waals surface area contributed by atoms with Crippen molar-refractivity contribution >= 4 is 11.0 Å². The molecule has 0 aliphatic rings. The molecule has 2 rings (SSSR count). The molecular formula is C11H10N2O. The highest BCUT2D eigenvalue weighted by atomic mass is 16.3. The van der Waals surface area contributed by atoms with Crippen molar-refractivity contribution < 1.29 is 5.11 Å². The van der Waals surface area contributed by atoms with Crippen molar-refractivity contribution in [2.75, 3.05) is 0 Å². The maximum Gasteiger partial charge on any atom is 0.0990 e. The summed E-state index contributed by atoms with van der Waals surface area (Å²) in [7, 11) is 0. The van der Waals surface area contributed by atoms with Crippen LogP contribution in [0.15, 0.2) is 43.2 Å². The lowest BCUT2D eigenvalue weighted by Gasteiger charge is -2.07. The highest BCUT2D eigenvalue weighted by Crippen LogP contribution is 2.21. The van der Waals surface area contributed by atoms with Crippen LogP contribution in [0.3, 0.4) is 0 Å². The highest BCUT2D eigenvalue weighted by molar-refractivity contribution is 5.78. The molecular weight excluding hydrogens is 176 g/mol. The molecule has 0 amide bonds. The predicted octanol–water partition coefficient (Wildman–Crippen LogP) is 1.85. The Bertz CT molecular complexity index is 462. The first-order chi connectivity index (χ1) is 6.83. The van der Waals surface area contributed by atoms with Crippen LogP contribution in [0, 0.1) is 0 Å². The lowest BCUT2D eigenvalue weighted by atomic mass is 10.1. The van der Waals surface area contributed by atoms with Gasteiger partial charge in [0.2, 0.25) is 0 Å². The van der Waals surface area contributed by atoms with Crippen LogP contribution in [0.4, 0.5) is 0 Å². The summed E-state index contributed by atoms with van der Waals surface area (Å²) >= 11 is 0. The van der Waals surface area contributed by atoms with Crippen LogP contribution in [0.5, 0.6) is 0 Å². The monoisotopic (exact) mass is 186 g/mol. The fourth-order valence-corrected chi connectivity index (χ4v) is 1.38. The van der Waals surface area contributed by atoms with E-state index in [0.29, 0.717) is 0 Å². The van der Waals surface area contributed by atoms with Crippen molar-refractivity contribution in [3.63, 3.8) is 0 Å². The Morgan fingerprint density at radius 2 is 2.07 bits per heavy atom. The Balaban J connectivity index is 2.70. The standard InChI is InChI=1S/C11H10N2O/c1-2-10(14)8-4-3-5-9-11(8)13-7-6-12-9/h2-7,10,14H,1H2. The van der Waals surface area contributed by atoms with E-state index in [9.17, 15) is 5.11 Å². The van der Waals surface area contributed by atoms with E-state index in [1.54, 1.807) is 12.4 Å². The van der Waals surface area contributed by atoms with Gasteiger partial charge in [-0.2, -0.15) is 0 Å². The van der Waals surface area contributed by atoms with E-state index in [4.69, 9.17) is 0 Å². The van der Waals surface area contributed by atoms with Gasteiger partial charge in [-0.15, -0.1) is 6.58 Å². The van der Waals surface area contributed by atoms with Crippen molar-refractivity contribution in [2.45, 2.75) is 6.10 Å². The zero-order valence-corrected chi connectivity index (χ0v) is 7.59. The van der Waals surface area contributed by atoms with Crippen molar-refractivity contribution in [1.29, 1.82) is 0 Å². The second kappa shape index (κ2) is 3.55. The maximum absolute atomic E-state index is 9.64. The van der Waals surface area contributed by atoms with Crippen LogP contribution in [-0.4, -0.2) is 15.1 Å². The summed E-state index contributed by atoms with van der Waals surface area (Å²) in [5.74, 6) is 0. The fourth-order valence-electron chi connectivity index (χ4n) is 1.38. The molecule has 1 N–H and O–H groups in total. The number of benzene rings is 1. The molecule has 0 spiro atoms. The SMILES string of the molecule is C=CC(O)c1cccc2nccnc12. The first-order valence-corrected chi connectivity index (χ1v) is 4.33. The van der Waals surface area contributed by atoms with Gasteiger partial charge in [-0.05, 0) is 6.07 Å². The van der Waals surface area contributed by atoms with Crippen molar-refractivity contribution in [2.24, 2.45) is 0 Å². The van der Waals surface area contributed by atoms with E-state index in [1.807, 2.05) is 18.2 Å². The number of hydrogen-bond donors (Lipinski definition) is 1. The molecule has 0 radical (unpaired) electrons. The molecule has 1 aromatic heterocycles. The van der Waals surface area contributed by atoms with Gasteiger partial charge in [-0.3, -0.25) is 9.97 Å². The minimum atomic E-state index is -0.685. The van der Waals surface area contributed by atoms with Crippen molar-refractivity contribution in [3.8, 4) is 0 Å². The summed E-state index contributed by atoms with van der Waals surface area (Å²) in [6.45, 7) is 3.55. The predicted molar refractivity (Wildman–Crippen MR) is 54.7 cm³/mol. The third-order valence-electron chi connectivity index (χ3n) is 2.07. The number of aliphatic hydroxyl groups is 1. The molecule has 2 aromatic rings. The summed E-state index contributed by atoms with van der Waals surface area (Å²) in [6, 6.07) is 5.53. The molecule has 3 nitrogen and oxygen atoms in total. The Morgan fingerprint density at radius 3 is 2.86 bits per heavy atom. The summed E-state index contributed by atoms with van der Waals surface area (Å²) in [4.78, 5) is 8.33. The van der Waals surface area contributed by atoms with Crippen LogP contribution in [0.1, 0.15) is 11.7 Å². The zero-order valence-electron chi connectivity index (χ0n) is 7.59. The Hall–Kier alpha value is -1.74. The Kier molecular flexibility index (Phi) is 2.24. The first kappa shape index (κ1) is 8.84. The van der Waals surface area contributed by atoms with E-state index < -0.39 is 6.10 Å². The quantitative estimate of drug-likeness (QED) is 0.728. The van der Waals surface area contributed by atoms with Gasteiger partial charge in [0.25, 0.3) is 0 Å². The lowest BCUT2D eigenvalue weighted by molar-refractivity contribution is 0.230. The molecule has 0 aliphatic heterocycles. The van der Waals surface area contributed by atoms with Gasteiger partial charge < -0.3 is 5.11 Å². The molecule has 0 saturated carbocycles. The molecule has 0 aliphatic carbocycles. The van der Waals surface area contributed by atoms with E-state index in [1.165, 1.54) is 6.08 Å². The minimum Gasteiger partial charge on any atom is -0.384 e. The lowest BCUT2D eigenvalue weighted by Crippen LogP contribution is -1.96. The van der Waals surface area contributed by atoms with Gasteiger partial charge in [0.15, 0.2) is 0 Å². The number of aromatic nitrogens is 2. The molecule has 0 saturated heterocycles. The summed E-state index contributed by atoms with van der Waals surface area (Å²) in [6.07, 6.45) is 4.03. The van der Waals surface area contributed by atoms with Crippen molar-refractivity contribution in [1.82, 2.24) is 9.97 Å². The fraction of sp³-hybridized carbons (Fsp3) is 0.0909. The van der Waals surface area contributed by atoms with Crippen LogP contribution >= 0.6 is 0 Å². The van der Waals surface area contributed by atoms with Gasteiger partial charge in [-0.25, -0.2) is 0 Å². The second-order valence-electron chi connectivity index (χ2n) is 2.95. The number of hydrogen-bond acceptors (Lipinski definition) is 3. The molecule has 1 unspecified atom stereocenters. The summed E-state index contributed by atoms with van der Waals surface area (Å²) < 4.78 is 0. The summed E-state index contributed by atoms with van der Waals surface area (Å²) in [5.41, 5.74) is 2.25. The van der Waals surface area contributed by atoms with E-state index in [-0.39, 0.29) is 0 Å². The second-order valence-corrected chi connectivity index (χ2v) is 2.95. The molecule has 1 aromatic carbocycles. The topological polar surface area (TPSA) is 46.0 Å². The average Bonchev–Trinajstić information content (AvgIpc) is 2.27. The molecule has 0 fully saturated rings. The smallest absolute Gasteiger partial charge is 0.0990 e. The highest BCUT2D eigenvalue weighted by Gasteiger charge is 2.08. The average molecular weight is 186 g/mol. The van der Waals surface area contributed by atoms with Crippen molar-refractivity contribution in [3.05, 3.63) is 48.8 Å². The Labute approximate surface area is 81.8 Å². The third kappa shape index (κ3) is 1.38. The molecule has 1 heterocycles. The number of para-hydroxylation sites is 1. The first-order valence-electron chi connectivity index (χ1n) is 4.33. The van der Waals surface area contributed by atoms with Crippen LogP contribution in [0.25, 0.3) is 11.0 Å². The van der Waals surface area contributed by atoms with E-state index >= 15 is 0 Å². The van der Waals surface area contributed by atoms with Crippen LogP contribution in [-0.2, 0) is 0 Å². The summed E-state index contributed by atoms with van der Waals surface area (Å²) in [5, 5.41) is 9.64. The molecule has 14 heavy (non-hydrogen) atoms. The molecule has 0 bridgehead atoms. The third-order valence-corrected chi connectivity index (χ3v) is 2.07. The Morgan fingerprint density at radius 1 is 1.29 bits per heavy atom. The molecule has 70 valence electrons. The van der Waals surface area contributed by atoms with E-state index in [0.717, 1.165) is 16.6 Å². The number of nitrogens with zero attached hydrogens (tertiary/aromatic N) is 2. The van der Waals surface area contributed by atoms with Crippen LogP contribution < -0.4 is 0 Å². The number of rotatable bonds is 2. The maximum atomic E-state index is 9.64. The van der Waals surface area contributed by atoms with Gasteiger partial charge in [0, 0.05) is 18.0 Å². The molecule has 1 atom stereocenters. The molecule has 3 heteroatoms. The van der Waals surface area contributed by atoms with E-state index in [2.05, 4.69) is 16.5 Å². The number of aliphatic hydroxyl groups excluding tert-OH is 1. The van der Waals surface area contributed by atoms with Crippen LogP contribution in [0.2, 0.25) is 0 Å². The largest absolute Gasteiger partial charge is 0.384 e. The van der Waals surface area contributed by atoms with Gasteiger partial charge in [0.05, 0.1) is 17.1 Å². The van der Waals surface area contributed by atoms with Gasteiger partial charge in [0.1, 0.15) is 0 Å². The van der Waals surface area contributed by atoms with Gasteiger partial charge >= 0.3 is 0 Å². The van der Waals surface area contributed by atoms with Gasteiger partial charge in [-0.1, -0.05) is 18.2 Å². The number of fused-ring (bicyclic) bond motifs is 1. The zero-order chi connectivity index (χ0) is 9.97. The minimum absolute atomic E-state index is 0.685. The normalized spacial score (nSPS) is 12.6.